The first-order valence-corrected chi connectivity index (χ1v) is 8.54. The number of hydrogen-bond donors (Lipinski definition) is 1. The van der Waals surface area contributed by atoms with E-state index in [2.05, 4.69) is 20.1 Å². The molecule has 0 saturated heterocycles. The fraction of sp³-hybridized carbons (Fsp3) is 0.263. The summed E-state index contributed by atoms with van der Waals surface area (Å²) in [5.41, 5.74) is 3.01. The van der Waals surface area contributed by atoms with Gasteiger partial charge in [0.05, 0.1) is 5.52 Å². The number of pyridine rings is 1. The fourth-order valence-corrected chi connectivity index (χ4v) is 3.68. The van der Waals surface area contributed by atoms with Crippen LogP contribution in [-0.4, -0.2) is 20.1 Å². The Kier molecular flexibility index (Phi) is 3.16. The molecule has 0 unspecified atom stereocenters. The molecular formula is C19H16N4O2. The number of nitrogens with zero attached hydrogens (tertiary/aromatic N) is 3. The third kappa shape index (κ3) is 2.33. The minimum atomic E-state index is -0.294. The van der Waals surface area contributed by atoms with Crippen LogP contribution in [0.2, 0.25) is 0 Å². The molecule has 124 valence electrons. The second-order valence-electron chi connectivity index (χ2n) is 6.55. The van der Waals surface area contributed by atoms with Crippen LogP contribution in [0.5, 0.6) is 0 Å². The number of aromatic amines is 1. The molecule has 3 heterocycles. The van der Waals surface area contributed by atoms with Crippen LogP contribution in [0, 0.1) is 0 Å². The van der Waals surface area contributed by atoms with E-state index in [-0.39, 0.29) is 11.1 Å². The molecule has 6 nitrogen and oxygen atoms in total. The molecule has 1 aliphatic rings. The molecule has 1 aliphatic carbocycles. The van der Waals surface area contributed by atoms with E-state index < -0.39 is 0 Å². The molecule has 5 rings (SSSR count). The smallest absolute Gasteiger partial charge is 0.297 e. The SMILES string of the molecule is O=c1[nH]c(-c2ccc3cccnc3c2)nc2c(C3CCCC3)noc12. The van der Waals surface area contributed by atoms with Gasteiger partial charge >= 0.3 is 0 Å². The monoisotopic (exact) mass is 332 g/mol. The molecule has 1 saturated carbocycles. The predicted molar refractivity (Wildman–Crippen MR) is 94.4 cm³/mol. The highest BCUT2D eigenvalue weighted by atomic mass is 16.5. The number of hydrogen-bond acceptors (Lipinski definition) is 5. The quantitative estimate of drug-likeness (QED) is 0.604. The third-order valence-electron chi connectivity index (χ3n) is 4.98. The first-order chi connectivity index (χ1) is 12.3. The van der Waals surface area contributed by atoms with E-state index in [1.807, 2.05) is 30.3 Å². The number of benzene rings is 1. The first-order valence-electron chi connectivity index (χ1n) is 8.54. The van der Waals surface area contributed by atoms with Crippen LogP contribution in [0.1, 0.15) is 37.3 Å². The molecule has 0 bridgehead atoms. The van der Waals surface area contributed by atoms with Crippen molar-refractivity contribution in [3.05, 3.63) is 52.6 Å². The van der Waals surface area contributed by atoms with Crippen molar-refractivity contribution in [3.63, 3.8) is 0 Å². The topological polar surface area (TPSA) is 84.7 Å². The average molecular weight is 332 g/mol. The zero-order valence-electron chi connectivity index (χ0n) is 13.5. The Hall–Kier alpha value is -3.02. The molecule has 0 atom stereocenters. The molecule has 0 spiro atoms. The Morgan fingerprint density at radius 1 is 1.16 bits per heavy atom. The fourth-order valence-electron chi connectivity index (χ4n) is 3.68. The van der Waals surface area contributed by atoms with Crippen LogP contribution >= 0.6 is 0 Å². The lowest BCUT2D eigenvalue weighted by molar-refractivity contribution is 0.434. The normalized spacial score (nSPS) is 15.4. The molecule has 4 aromatic rings. The number of fused-ring (bicyclic) bond motifs is 2. The maximum Gasteiger partial charge on any atom is 0.297 e. The first kappa shape index (κ1) is 14.3. The Labute approximate surface area is 142 Å². The number of H-pyrrole nitrogens is 1. The molecular weight excluding hydrogens is 316 g/mol. The minimum absolute atomic E-state index is 0.213. The molecule has 1 aromatic carbocycles. The minimum Gasteiger partial charge on any atom is -0.348 e. The summed E-state index contributed by atoms with van der Waals surface area (Å²) in [5, 5.41) is 5.20. The second kappa shape index (κ2) is 5.51. The summed E-state index contributed by atoms with van der Waals surface area (Å²) in [4.78, 5) is 24.3. The largest absolute Gasteiger partial charge is 0.348 e. The lowest BCUT2D eigenvalue weighted by Crippen LogP contribution is -2.09. The van der Waals surface area contributed by atoms with Gasteiger partial charge in [0.1, 0.15) is 17.0 Å². The van der Waals surface area contributed by atoms with Gasteiger partial charge in [-0.15, -0.1) is 0 Å². The van der Waals surface area contributed by atoms with Gasteiger partial charge in [0.25, 0.3) is 5.56 Å². The number of nitrogens with one attached hydrogen (secondary N) is 1. The Morgan fingerprint density at radius 2 is 2.04 bits per heavy atom. The highest BCUT2D eigenvalue weighted by Crippen LogP contribution is 2.36. The molecule has 6 heteroatoms. The van der Waals surface area contributed by atoms with Crippen molar-refractivity contribution < 1.29 is 4.52 Å². The van der Waals surface area contributed by atoms with Gasteiger partial charge in [-0.05, 0) is 25.0 Å². The molecule has 3 aromatic heterocycles. The van der Waals surface area contributed by atoms with E-state index in [4.69, 9.17) is 4.52 Å². The van der Waals surface area contributed by atoms with Crippen molar-refractivity contribution in [2.45, 2.75) is 31.6 Å². The van der Waals surface area contributed by atoms with Crippen molar-refractivity contribution in [2.75, 3.05) is 0 Å². The van der Waals surface area contributed by atoms with Crippen LogP contribution < -0.4 is 5.56 Å². The van der Waals surface area contributed by atoms with Gasteiger partial charge in [-0.25, -0.2) is 4.98 Å². The maximum atomic E-state index is 12.4. The third-order valence-corrected chi connectivity index (χ3v) is 4.98. The van der Waals surface area contributed by atoms with E-state index in [0.717, 1.165) is 35.0 Å². The summed E-state index contributed by atoms with van der Waals surface area (Å²) in [6.45, 7) is 0. The van der Waals surface area contributed by atoms with E-state index >= 15 is 0 Å². The molecule has 25 heavy (non-hydrogen) atoms. The van der Waals surface area contributed by atoms with Crippen molar-refractivity contribution >= 4 is 22.0 Å². The van der Waals surface area contributed by atoms with Gasteiger partial charge in [-0.1, -0.05) is 36.2 Å². The predicted octanol–water partition coefficient (Wildman–Crippen LogP) is 3.78. The van der Waals surface area contributed by atoms with Crippen LogP contribution in [-0.2, 0) is 0 Å². The zero-order chi connectivity index (χ0) is 16.8. The highest BCUT2D eigenvalue weighted by molar-refractivity contribution is 5.84. The van der Waals surface area contributed by atoms with Gasteiger partial charge in [0.2, 0.25) is 5.58 Å². The Bertz CT molecular complexity index is 1140. The summed E-state index contributed by atoms with van der Waals surface area (Å²) in [5.74, 6) is 0.856. The van der Waals surface area contributed by atoms with Crippen molar-refractivity contribution in [2.24, 2.45) is 0 Å². The van der Waals surface area contributed by atoms with Gasteiger partial charge in [-0.3, -0.25) is 9.78 Å². The standard InChI is InChI=1S/C19H16N4O2/c24-19-17-16(15(23-25-17)12-4-1-2-5-12)21-18(22-19)13-8-7-11-6-3-9-20-14(11)10-13/h3,6-10,12H,1-2,4-5H2,(H,21,22,24). The number of rotatable bonds is 2. The van der Waals surface area contributed by atoms with E-state index in [1.165, 1.54) is 12.8 Å². The maximum absolute atomic E-state index is 12.4. The van der Waals surface area contributed by atoms with Gasteiger partial charge < -0.3 is 9.51 Å². The Morgan fingerprint density at radius 3 is 2.92 bits per heavy atom. The molecule has 0 radical (unpaired) electrons. The van der Waals surface area contributed by atoms with Gasteiger partial charge in [-0.2, -0.15) is 0 Å². The zero-order valence-corrected chi connectivity index (χ0v) is 13.5. The lowest BCUT2D eigenvalue weighted by Gasteiger charge is -2.05. The second-order valence-corrected chi connectivity index (χ2v) is 6.55. The summed E-state index contributed by atoms with van der Waals surface area (Å²) in [6, 6.07) is 9.76. The summed E-state index contributed by atoms with van der Waals surface area (Å²) >= 11 is 0. The van der Waals surface area contributed by atoms with E-state index in [1.54, 1.807) is 6.20 Å². The number of aromatic nitrogens is 4. The van der Waals surface area contributed by atoms with Crippen LogP contribution in [0.3, 0.4) is 0 Å². The molecule has 0 amide bonds. The van der Waals surface area contributed by atoms with Crippen LogP contribution in [0.4, 0.5) is 0 Å². The summed E-state index contributed by atoms with van der Waals surface area (Å²) in [7, 11) is 0. The van der Waals surface area contributed by atoms with Crippen LogP contribution in [0.15, 0.2) is 45.8 Å². The van der Waals surface area contributed by atoms with E-state index in [9.17, 15) is 4.79 Å². The summed E-state index contributed by atoms with van der Waals surface area (Å²) < 4.78 is 5.28. The van der Waals surface area contributed by atoms with Gasteiger partial charge in [0.15, 0.2) is 0 Å². The lowest BCUT2D eigenvalue weighted by atomic mass is 10.0. The highest BCUT2D eigenvalue weighted by Gasteiger charge is 2.25. The molecule has 0 aliphatic heterocycles. The van der Waals surface area contributed by atoms with Gasteiger partial charge in [0, 0.05) is 23.1 Å². The van der Waals surface area contributed by atoms with Crippen molar-refractivity contribution in [1.82, 2.24) is 20.1 Å². The average Bonchev–Trinajstić information content (AvgIpc) is 3.30. The summed E-state index contributed by atoms with van der Waals surface area (Å²) in [6.07, 6.45) is 6.27. The Balaban J connectivity index is 1.69. The van der Waals surface area contributed by atoms with Crippen molar-refractivity contribution in [1.29, 1.82) is 0 Å². The molecule has 1 N–H and O–H groups in total. The van der Waals surface area contributed by atoms with Crippen molar-refractivity contribution in [3.8, 4) is 11.4 Å². The van der Waals surface area contributed by atoms with Crippen LogP contribution in [0.25, 0.3) is 33.4 Å². The van der Waals surface area contributed by atoms with E-state index in [0.29, 0.717) is 17.3 Å². The molecule has 1 fully saturated rings.